The van der Waals surface area contributed by atoms with E-state index in [-0.39, 0.29) is 0 Å². The van der Waals surface area contributed by atoms with Crippen molar-refractivity contribution in [2.45, 2.75) is 25.7 Å². The molecule has 0 atom stereocenters. The lowest BCUT2D eigenvalue weighted by Gasteiger charge is -2.30. The molecule has 0 heterocycles. The van der Waals surface area contributed by atoms with Gasteiger partial charge in [0.05, 0.1) is 40.4 Å². The van der Waals surface area contributed by atoms with Crippen molar-refractivity contribution in [2.75, 3.05) is 40.4 Å². The fourth-order valence-corrected chi connectivity index (χ4v) is 2.81. The van der Waals surface area contributed by atoms with E-state index in [1.54, 1.807) is 0 Å². The van der Waals surface area contributed by atoms with Gasteiger partial charge in [-0.05, 0) is 49.9 Å². The van der Waals surface area contributed by atoms with Gasteiger partial charge in [0.1, 0.15) is 11.5 Å². The zero-order chi connectivity index (χ0) is 17.8. The molecule has 0 radical (unpaired) electrons. The number of ether oxygens (including phenoxy) is 2. The summed E-state index contributed by atoms with van der Waals surface area (Å²) in [4.78, 5) is 0. The van der Waals surface area contributed by atoms with Gasteiger partial charge in [0.2, 0.25) is 0 Å². The van der Waals surface area contributed by atoms with Crippen molar-refractivity contribution in [2.24, 2.45) is 0 Å². The van der Waals surface area contributed by atoms with E-state index < -0.39 is 0 Å². The summed E-state index contributed by atoms with van der Waals surface area (Å²) in [7, 11) is 4.63. The monoisotopic (exact) mass is 342 g/mol. The summed E-state index contributed by atoms with van der Waals surface area (Å²) in [6.07, 6.45) is 4.60. The van der Waals surface area contributed by atoms with Crippen molar-refractivity contribution in [1.29, 1.82) is 0 Å². The number of hydrogen-bond acceptors (Lipinski definition) is 2. The number of hydrogen-bond donors (Lipinski definition) is 0. The van der Waals surface area contributed by atoms with Gasteiger partial charge >= 0.3 is 0 Å². The van der Waals surface area contributed by atoms with Crippen LogP contribution in [0.3, 0.4) is 0 Å². The Morgan fingerprint density at radius 2 is 1.00 bits per heavy atom. The Hall–Kier alpha value is -2.00. The molecule has 25 heavy (non-hydrogen) atoms. The second-order valence-corrected chi connectivity index (χ2v) is 7.12. The van der Waals surface area contributed by atoms with Crippen LogP contribution in [0.25, 0.3) is 0 Å². The molecule has 0 aliphatic carbocycles. The molecule has 2 aromatic carbocycles. The Labute approximate surface area is 152 Å². The number of quaternary nitrogens is 1. The molecule has 0 fully saturated rings. The van der Waals surface area contributed by atoms with Crippen LogP contribution in [0.5, 0.6) is 11.5 Å². The molecule has 0 spiro atoms. The molecule has 136 valence electrons. The lowest BCUT2D eigenvalue weighted by molar-refractivity contribution is -0.890. The summed E-state index contributed by atoms with van der Waals surface area (Å²) in [5.74, 6) is 1.93. The van der Waals surface area contributed by atoms with E-state index in [0.717, 1.165) is 42.0 Å². The predicted octanol–water partition coefficient (Wildman–Crippen LogP) is 4.78. The van der Waals surface area contributed by atoms with E-state index in [0.29, 0.717) is 0 Å². The number of unbranched alkanes of at least 4 members (excludes halogenated alkanes) is 2. The van der Waals surface area contributed by atoms with Gasteiger partial charge in [-0.2, -0.15) is 0 Å². The molecule has 0 aliphatic rings. The molecule has 0 saturated carbocycles. The molecule has 2 aromatic rings. The van der Waals surface area contributed by atoms with E-state index in [2.05, 4.69) is 14.1 Å². The third-order valence-corrected chi connectivity index (χ3v) is 4.34. The molecule has 0 unspecified atom stereocenters. The molecule has 2 rings (SSSR count). The van der Waals surface area contributed by atoms with Gasteiger partial charge in [0, 0.05) is 0 Å². The van der Waals surface area contributed by atoms with Crippen LogP contribution >= 0.6 is 0 Å². The van der Waals surface area contributed by atoms with Gasteiger partial charge in [-0.1, -0.05) is 36.4 Å². The topological polar surface area (TPSA) is 18.5 Å². The first-order valence-electron chi connectivity index (χ1n) is 9.33. The molecular formula is C22H32NO2+. The zero-order valence-corrected chi connectivity index (χ0v) is 15.7. The molecule has 0 aliphatic heterocycles. The zero-order valence-electron chi connectivity index (χ0n) is 15.7. The normalized spacial score (nSPS) is 11.3. The highest BCUT2D eigenvalue weighted by atomic mass is 16.5. The van der Waals surface area contributed by atoms with Gasteiger partial charge < -0.3 is 14.0 Å². The molecule has 0 N–H and O–H groups in total. The highest BCUT2D eigenvalue weighted by Gasteiger charge is 2.13. The number of para-hydroxylation sites is 2. The van der Waals surface area contributed by atoms with Crippen molar-refractivity contribution in [1.82, 2.24) is 0 Å². The summed E-state index contributed by atoms with van der Waals surface area (Å²) in [6.45, 7) is 3.99. The van der Waals surface area contributed by atoms with E-state index >= 15 is 0 Å². The molecule has 3 nitrogen and oxygen atoms in total. The van der Waals surface area contributed by atoms with Crippen LogP contribution in [-0.2, 0) is 0 Å². The SMILES string of the molecule is C[N+](C)(CCCCOc1ccccc1)CCCCOc1ccccc1. The summed E-state index contributed by atoms with van der Waals surface area (Å²) in [5, 5.41) is 0. The summed E-state index contributed by atoms with van der Waals surface area (Å²) in [6, 6.07) is 20.1. The fraction of sp³-hybridized carbons (Fsp3) is 0.455. The fourth-order valence-electron chi connectivity index (χ4n) is 2.81. The van der Waals surface area contributed by atoms with Crippen LogP contribution < -0.4 is 9.47 Å². The smallest absolute Gasteiger partial charge is 0.119 e. The average Bonchev–Trinajstić information content (AvgIpc) is 2.63. The molecule has 0 saturated heterocycles. The largest absolute Gasteiger partial charge is 0.494 e. The standard InChI is InChI=1S/C22H32NO2/c1-23(2,17-9-11-19-24-21-13-5-3-6-14-21)18-10-12-20-25-22-15-7-4-8-16-22/h3-8,13-16H,9-12,17-20H2,1-2H3/q+1. The molecule has 0 bridgehead atoms. The Kier molecular flexibility index (Phi) is 8.33. The number of nitrogens with zero attached hydrogens (tertiary/aromatic N) is 1. The van der Waals surface area contributed by atoms with Crippen LogP contribution in [0.2, 0.25) is 0 Å². The van der Waals surface area contributed by atoms with Gasteiger partial charge in [-0.25, -0.2) is 0 Å². The van der Waals surface area contributed by atoms with Crippen molar-refractivity contribution in [3.8, 4) is 11.5 Å². The Morgan fingerprint density at radius 1 is 0.600 bits per heavy atom. The second kappa shape index (κ2) is 10.8. The first-order chi connectivity index (χ1) is 12.2. The predicted molar refractivity (Wildman–Crippen MR) is 104 cm³/mol. The molecular weight excluding hydrogens is 310 g/mol. The van der Waals surface area contributed by atoms with Gasteiger partial charge in [-0.15, -0.1) is 0 Å². The van der Waals surface area contributed by atoms with Crippen molar-refractivity contribution < 1.29 is 14.0 Å². The summed E-state index contributed by atoms with van der Waals surface area (Å²) in [5.41, 5.74) is 0. The lowest BCUT2D eigenvalue weighted by Crippen LogP contribution is -2.41. The van der Waals surface area contributed by atoms with Gasteiger partial charge in [0.25, 0.3) is 0 Å². The third kappa shape index (κ3) is 8.59. The van der Waals surface area contributed by atoms with Crippen LogP contribution in [-0.4, -0.2) is 44.9 Å². The highest BCUT2D eigenvalue weighted by molar-refractivity contribution is 5.21. The van der Waals surface area contributed by atoms with Crippen molar-refractivity contribution in [3.05, 3.63) is 60.7 Å². The quantitative estimate of drug-likeness (QED) is 0.408. The number of rotatable bonds is 12. The van der Waals surface area contributed by atoms with Crippen LogP contribution in [0.1, 0.15) is 25.7 Å². The maximum absolute atomic E-state index is 5.75. The van der Waals surface area contributed by atoms with Crippen LogP contribution in [0.4, 0.5) is 0 Å². The van der Waals surface area contributed by atoms with E-state index in [1.807, 2.05) is 60.7 Å². The molecule has 0 aromatic heterocycles. The summed E-state index contributed by atoms with van der Waals surface area (Å²) >= 11 is 0. The van der Waals surface area contributed by atoms with Crippen LogP contribution in [0.15, 0.2) is 60.7 Å². The molecule has 3 heteroatoms. The summed E-state index contributed by atoms with van der Waals surface area (Å²) < 4.78 is 12.6. The van der Waals surface area contributed by atoms with Gasteiger partial charge in [-0.3, -0.25) is 0 Å². The lowest BCUT2D eigenvalue weighted by atomic mass is 10.2. The maximum atomic E-state index is 5.75. The first kappa shape index (κ1) is 19.3. The Bertz CT molecular complexity index is 518. The maximum Gasteiger partial charge on any atom is 0.119 e. The molecule has 0 amide bonds. The Balaban J connectivity index is 1.49. The minimum atomic E-state index is 0.801. The van der Waals surface area contributed by atoms with Crippen molar-refractivity contribution >= 4 is 0 Å². The van der Waals surface area contributed by atoms with Crippen LogP contribution in [0, 0.1) is 0 Å². The van der Waals surface area contributed by atoms with Gasteiger partial charge in [0.15, 0.2) is 0 Å². The average molecular weight is 343 g/mol. The first-order valence-corrected chi connectivity index (χ1v) is 9.33. The Morgan fingerprint density at radius 3 is 1.40 bits per heavy atom. The van der Waals surface area contributed by atoms with E-state index in [1.165, 1.54) is 25.9 Å². The minimum Gasteiger partial charge on any atom is -0.494 e. The number of benzene rings is 2. The highest BCUT2D eigenvalue weighted by Crippen LogP contribution is 2.11. The third-order valence-electron chi connectivity index (χ3n) is 4.34. The second-order valence-electron chi connectivity index (χ2n) is 7.12. The van der Waals surface area contributed by atoms with Crippen molar-refractivity contribution in [3.63, 3.8) is 0 Å². The van der Waals surface area contributed by atoms with E-state index in [9.17, 15) is 0 Å². The minimum absolute atomic E-state index is 0.801. The van der Waals surface area contributed by atoms with E-state index in [4.69, 9.17) is 9.47 Å².